The molecule has 3 unspecified atom stereocenters. The van der Waals surface area contributed by atoms with Gasteiger partial charge in [-0.1, -0.05) is 92.9 Å². The number of hydrogen-bond acceptors (Lipinski definition) is 2. The number of aromatic amines is 1. The smallest absolute Gasteiger partial charge is 0.255 e. The maximum Gasteiger partial charge on any atom is 0.255 e. The normalized spacial score (nSPS) is 16.6. The molecule has 0 saturated carbocycles. The van der Waals surface area contributed by atoms with Crippen LogP contribution < -0.4 is 5.32 Å². The summed E-state index contributed by atoms with van der Waals surface area (Å²) in [5.74, 6) is -0.220. The van der Waals surface area contributed by atoms with Gasteiger partial charge in [-0.15, -0.1) is 0 Å². The zero-order valence-corrected chi connectivity index (χ0v) is 21.8. The number of carbonyl (C=O) groups is 2. The van der Waals surface area contributed by atoms with E-state index in [-0.39, 0.29) is 23.9 Å². The van der Waals surface area contributed by atoms with Gasteiger partial charge in [-0.05, 0) is 43.5 Å². The molecule has 5 rings (SSSR count). The van der Waals surface area contributed by atoms with Crippen molar-refractivity contribution in [3.8, 4) is 11.3 Å². The summed E-state index contributed by atoms with van der Waals surface area (Å²) in [7, 11) is 0. The molecule has 2 amide bonds. The number of unbranched alkanes of at least 4 members (excludes halogenated alkanes) is 2. The van der Waals surface area contributed by atoms with Crippen LogP contribution in [0.1, 0.15) is 74.0 Å². The van der Waals surface area contributed by atoms with Gasteiger partial charge in [0.1, 0.15) is 6.04 Å². The van der Waals surface area contributed by atoms with Gasteiger partial charge in [0.05, 0.1) is 11.7 Å². The summed E-state index contributed by atoms with van der Waals surface area (Å²) >= 11 is 0. The number of amides is 2. The van der Waals surface area contributed by atoms with Gasteiger partial charge in [0, 0.05) is 28.1 Å². The first-order chi connectivity index (χ1) is 18.0. The molecule has 5 nitrogen and oxygen atoms in total. The largest absolute Gasteiger partial charge is 0.354 e. The van der Waals surface area contributed by atoms with E-state index < -0.39 is 6.04 Å². The SMILES string of the molecule is CCCCCC(C)NC(=O)C(C)N1C(=O)c2ccccc2C1c1c(-c2ccccc2)[nH]c2ccccc12. The number of benzene rings is 3. The molecule has 4 aromatic rings. The van der Waals surface area contributed by atoms with E-state index in [0.717, 1.165) is 59.0 Å². The van der Waals surface area contributed by atoms with Gasteiger partial charge in [-0.25, -0.2) is 0 Å². The molecular weight excluding hydrogens is 458 g/mol. The molecule has 0 bridgehead atoms. The van der Waals surface area contributed by atoms with Crippen molar-refractivity contribution in [2.24, 2.45) is 0 Å². The topological polar surface area (TPSA) is 65.2 Å². The predicted molar refractivity (Wildman–Crippen MR) is 149 cm³/mol. The van der Waals surface area contributed by atoms with Crippen molar-refractivity contribution < 1.29 is 9.59 Å². The van der Waals surface area contributed by atoms with E-state index in [4.69, 9.17) is 0 Å². The minimum Gasteiger partial charge on any atom is -0.354 e. The lowest BCUT2D eigenvalue weighted by Crippen LogP contribution is -2.49. The van der Waals surface area contributed by atoms with Crippen molar-refractivity contribution >= 4 is 22.7 Å². The Hall–Kier alpha value is -3.86. The van der Waals surface area contributed by atoms with Crippen LogP contribution in [0.3, 0.4) is 0 Å². The number of carbonyl (C=O) groups excluding carboxylic acids is 2. The van der Waals surface area contributed by atoms with Gasteiger partial charge in [-0.3, -0.25) is 9.59 Å². The quantitative estimate of drug-likeness (QED) is 0.250. The number of aromatic nitrogens is 1. The lowest BCUT2D eigenvalue weighted by Gasteiger charge is -2.32. The number of fused-ring (bicyclic) bond motifs is 2. The van der Waals surface area contributed by atoms with E-state index in [2.05, 4.69) is 41.5 Å². The fourth-order valence-electron chi connectivity index (χ4n) is 5.57. The fraction of sp³-hybridized carbons (Fsp3) is 0.312. The van der Waals surface area contributed by atoms with Gasteiger partial charge in [0.15, 0.2) is 0 Å². The first-order valence-electron chi connectivity index (χ1n) is 13.4. The lowest BCUT2D eigenvalue weighted by molar-refractivity contribution is -0.126. The summed E-state index contributed by atoms with van der Waals surface area (Å²) in [6, 6.07) is 25.2. The van der Waals surface area contributed by atoms with Gasteiger partial charge in [-0.2, -0.15) is 0 Å². The summed E-state index contributed by atoms with van der Waals surface area (Å²) < 4.78 is 0. The van der Waals surface area contributed by atoms with Crippen LogP contribution in [0.4, 0.5) is 0 Å². The van der Waals surface area contributed by atoms with Crippen LogP contribution >= 0.6 is 0 Å². The molecule has 0 radical (unpaired) electrons. The lowest BCUT2D eigenvalue weighted by atomic mass is 9.92. The summed E-state index contributed by atoms with van der Waals surface area (Å²) in [6.45, 7) is 6.07. The second-order valence-corrected chi connectivity index (χ2v) is 10.1. The van der Waals surface area contributed by atoms with E-state index in [1.807, 2.05) is 68.4 Å². The third-order valence-electron chi connectivity index (χ3n) is 7.51. The Balaban J connectivity index is 1.60. The summed E-state index contributed by atoms with van der Waals surface area (Å²) in [6.07, 6.45) is 4.32. The predicted octanol–water partition coefficient (Wildman–Crippen LogP) is 6.85. The molecule has 1 aromatic heterocycles. The molecule has 5 heteroatoms. The van der Waals surface area contributed by atoms with E-state index in [1.165, 1.54) is 0 Å². The van der Waals surface area contributed by atoms with E-state index in [1.54, 1.807) is 4.90 Å². The Morgan fingerprint density at radius 3 is 2.43 bits per heavy atom. The van der Waals surface area contributed by atoms with Crippen LogP contribution in [0.25, 0.3) is 22.2 Å². The molecular formula is C32H35N3O2. The molecule has 3 aromatic carbocycles. The Bertz CT molecular complexity index is 1410. The molecule has 0 aliphatic carbocycles. The number of para-hydroxylation sites is 1. The Labute approximate surface area is 218 Å². The monoisotopic (exact) mass is 493 g/mol. The second kappa shape index (κ2) is 10.6. The second-order valence-electron chi connectivity index (χ2n) is 10.1. The highest BCUT2D eigenvalue weighted by atomic mass is 16.2. The standard InChI is InChI=1S/C32H35N3O2/c1-4-5-7-14-21(2)33-31(36)22(3)35-30(24-17-10-11-18-25(24)32(35)37)28-26-19-12-13-20-27(26)34-29(28)23-15-8-6-9-16-23/h6,8-13,15-22,30,34H,4-5,7,14H2,1-3H3,(H,33,36). The first kappa shape index (κ1) is 24.8. The van der Waals surface area contributed by atoms with Crippen LogP contribution in [0.5, 0.6) is 0 Å². The molecule has 0 spiro atoms. The molecule has 2 N–H and O–H groups in total. The zero-order chi connectivity index (χ0) is 25.9. The van der Waals surface area contributed by atoms with Crippen LogP contribution in [0, 0.1) is 0 Å². The highest BCUT2D eigenvalue weighted by Gasteiger charge is 2.44. The molecule has 0 fully saturated rings. The van der Waals surface area contributed by atoms with Crippen LogP contribution in [0.2, 0.25) is 0 Å². The average Bonchev–Trinajstić information content (AvgIpc) is 3.44. The van der Waals surface area contributed by atoms with Gasteiger partial charge in [0.25, 0.3) is 5.91 Å². The Morgan fingerprint density at radius 1 is 0.946 bits per heavy atom. The van der Waals surface area contributed by atoms with Crippen molar-refractivity contribution in [1.82, 2.24) is 15.2 Å². The van der Waals surface area contributed by atoms with Gasteiger partial charge < -0.3 is 15.2 Å². The van der Waals surface area contributed by atoms with Crippen molar-refractivity contribution in [2.75, 3.05) is 0 Å². The third kappa shape index (κ3) is 4.66. The Kier molecular flexibility index (Phi) is 7.13. The maximum atomic E-state index is 13.9. The van der Waals surface area contributed by atoms with Crippen LogP contribution in [0.15, 0.2) is 78.9 Å². The van der Waals surface area contributed by atoms with Gasteiger partial charge in [0.2, 0.25) is 5.91 Å². The molecule has 0 saturated heterocycles. The van der Waals surface area contributed by atoms with E-state index >= 15 is 0 Å². The molecule has 1 aliphatic rings. The van der Waals surface area contributed by atoms with Crippen LogP contribution in [-0.2, 0) is 4.79 Å². The minimum absolute atomic E-state index is 0.0630. The Morgan fingerprint density at radius 2 is 1.65 bits per heavy atom. The van der Waals surface area contributed by atoms with E-state index in [0.29, 0.717) is 5.56 Å². The molecule has 3 atom stereocenters. The maximum absolute atomic E-state index is 13.9. The third-order valence-corrected chi connectivity index (χ3v) is 7.51. The summed E-state index contributed by atoms with van der Waals surface area (Å²) in [4.78, 5) is 32.7. The number of hydrogen-bond donors (Lipinski definition) is 2. The molecule has 2 heterocycles. The van der Waals surface area contributed by atoms with Crippen LogP contribution in [-0.4, -0.2) is 33.8 Å². The zero-order valence-electron chi connectivity index (χ0n) is 21.8. The highest BCUT2D eigenvalue weighted by Crippen LogP contribution is 2.46. The number of rotatable bonds is 9. The fourth-order valence-corrected chi connectivity index (χ4v) is 5.57. The van der Waals surface area contributed by atoms with E-state index in [9.17, 15) is 9.59 Å². The van der Waals surface area contributed by atoms with Crippen molar-refractivity contribution in [3.63, 3.8) is 0 Å². The molecule has 37 heavy (non-hydrogen) atoms. The van der Waals surface area contributed by atoms with Crippen molar-refractivity contribution in [2.45, 2.75) is 64.6 Å². The molecule has 190 valence electrons. The van der Waals surface area contributed by atoms with Crippen molar-refractivity contribution in [3.05, 3.63) is 95.6 Å². The minimum atomic E-state index is -0.629. The number of nitrogens with zero attached hydrogens (tertiary/aromatic N) is 1. The highest BCUT2D eigenvalue weighted by molar-refractivity contribution is 6.04. The summed E-state index contributed by atoms with van der Waals surface area (Å²) in [5, 5.41) is 4.23. The molecule has 1 aliphatic heterocycles. The number of H-pyrrole nitrogens is 1. The van der Waals surface area contributed by atoms with Gasteiger partial charge >= 0.3 is 0 Å². The first-order valence-corrected chi connectivity index (χ1v) is 13.4. The average molecular weight is 494 g/mol. The number of nitrogens with one attached hydrogen (secondary N) is 2. The van der Waals surface area contributed by atoms with Crippen molar-refractivity contribution in [1.29, 1.82) is 0 Å². The summed E-state index contributed by atoms with van der Waals surface area (Å²) in [5.41, 5.74) is 5.65.